The van der Waals surface area contributed by atoms with Gasteiger partial charge in [0.15, 0.2) is 0 Å². The van der Waals surface area contributed by atoms with E-state index < -0.39 is 0 Å². The predicted molar refractivity (Wildman–Crippen MR) is 85.6 cm³/mol. The number of nitrogens with zero attached hydrogens (tertiary/aromatic N) is 1. The van der Waals surface area contributed by atoms with Crippen molar-refractivity contribution < 1.29 is 0 Å². The summed E-state index contributed by atoms with van der Waals surface area (Å²) in [5, 5.41) is 3.71. The number of hydrogen-bond donors (Lipinski definition) is 1. The van der Waals surface area contributed by atoms with Gasteiger partial charge in [0.05, 0.1) is 0 Å². The van der Waals surface area contributed by atoms with Gasteiger partial charge >= 0.3 is 0 Å². The van der Waals surface area contributed by atoms with E-state index in [9.17, 15) is 0 Å². The minimum Gasteiger partial charge on any atom is -0.316 e. The van der Waals surface area contributed by atoms with E-state index in [1.54, 1.807) is 0 Å². The molecule has 2 heteroatoms. The summed E-state index contributed by atoms with van der Waals surface area (Å²) < 4.78 is 0. The third-order valence-electron chi connectivity index (χ3n) is 4.81. The Labute approximate surface area is 121 Å². The maximum atomic E-state index is 3.71. The van der Waals surface area contributed by atoms with Crippen LogP contribution in [0.3, 0.4) is 0 Å². The van der Waals surface area contributed by atoms with E-state index in [4.69, 9.17) is 0 Å². The van der Waals surface area contributed by atoms with Crippen LogP contribution in [0, 0.1) is 11.3 Å². The van der Waals surface area contributed by atoms with Crippen LogP contribution in [0.1, 0.15) is 66.2 Å². The third-order valence-corrected chi connectivity index (χ3v) is 4.81. The van der Waals surface area contributed by atoms with Gasteiger partial charge in [0.2, 0.25) is 0 Å². The highest BCUT2D eigenvalue weighted by Crippen LogP contribution is 2.39. The van der Waals surface area contributed by atoms with Crippen LogP contribution in [0.5, 0.6) is 0 Å². The molecule has 1 rings (SSSR count). The topological polar surface area (TPSA) is 15.3 Å². The van der Waals surface area contributed by atoms with Crippen LogP contribution in [-0.2, 0) is 0 Å². The van der Waals surface area contributed by atoms with Gasteiger partial charge in [0.25, 0.3) is 0 Å². The molecule has 0 spiro atoms. The Morgan fingerprint density at radius 3 is 2.32 bits per heavy atom. The summed E-state index contributed by atoms with van der Waals surface area (Å²) >= 11 is 0. The van der Waals surface area contributed by atoms with E-state index in [2.05, 4.69) is 37.9 Å². The van der Waals surface area contributed by atoms with Crippen molar-refractivity contribution in [3.8, 4) is 0 Å². The molecule has 0 radical (unpaired) electrons. The quantitative estimate of drug-likeness (QED) is 0.638. The third kappa shape index (κ3) is 5.83. The second kappa shape index (κ2) is 8.97. The molecule has 0 aromatic carbocycles. The van der Waals surface area contributed by atoms with Crippen LogP contribution in [0.2, 0.25) is 0 Å². The van der Waals surface area contributed by atoms with E-state index >= 15 is 0 Å². The van der Waals surface area contributed by atoms with Gasteiger partial charge in [-0.1, -0.05) is 40.5 Å². The molecule has 1 saturated carbocycles. The zero-order valence-electron chi connectivity index (χ0n) is 13.8. The zero-order valence-corrected chi connectivity index (χ0v) is 13.8. The number of nitrogens with one attached hydrogen (secondary N) is 1. The summed E-state index contributed by atoms with van der Waals surface area (Å²) in [4.78, 5) is 2.67. The van der Waals surface area contributed by atoms with Crippen LogP contribution in [0.15, 0.2) is 0 Å². The molecule has 0 saturated heterocycles. The minimum absolute atomic E-state index is 0.548. The maximum Gasteiger partial charge on any atom is 0.00500 e. The largest absolute Gasteiger partial charge is 0.316 e. The lowest BCUT2D eigenvalue weighted by Gasteiger charge is -2.43. The van der Waals surface area contributed by atoms with Crippen molar-refractivity contribution in [1.82, 2.24) is 10.2 Å². The van der Waals surface area contributed by atoms with Gasteiger partial charge in [0.1, 0.15) is 0 Å². The molecule has 0 aliphatic heterocycles. The van der Waals surface area contributed by atoms with Crippen molar-refractivity contribution in [2.45, 2.75) is 66.2 Å². The maximum absolute atomic E-state index is 3.71. The minimum atomic E-state index is 0.548. The average Bonchev–Trinajstić information content (AvgIpc) is 2.42. The summed E-state index contributed by atoms with van der Waals surface area (Å²) in [5.74, 6) is 0.945. The van der Waals surface area contributed by atoms with Gasteiger partial charge in [-0.15, -0.1) is 0 Å². The van der Waals surface area contributed by atoms with Crippen LogP contribution in [-0.4, -0.2) is 37.6 Å². The first-order chi connectivity index (χ1) is 9.15. The predicted octanol–water partition coefficient (Wildman–Crippen LogP) is 3.91. The Balaban J connectivity index is 2.57. The number of rotatable bonds is 9. The normalized spacial score (nSPS) is 27.9. The Morgan fingerprint density at radius 2 is 1.79 bits per heavy atom. The van der Waals surface area contributed by atoms with E-state index in [-0.39, 0.29) is 0 Å². The van der Waals surface area contributed by atoms with Crippen LogP contribution in [0.25, 0.3) is 0 Å². The molecule has 1 N–H and O–H groups in total. The molecule has 0 aromatic rings. The van der Waals surface area contributed by atoms with Crippen molar-refractivity contribution in [3.63, 3.8) is 0 Å². The molecule has 0 bridgehead atoms. The fourth-order valence-electron chi connectivity index (χ4n) is 3.44. The monoisotopic (exact) mass is 268 g/mol. The molecule has 2 nitrogen and oxygen atoms in total. The molecule has 1 fully saturated rings. The van der Waals surface area contributed by atoms with Gasteiger partial charge < -0.3 is 10.2 Å². The Bertz CT molecular complexity index is 219. The van der Waals surface area contributed by atoms with Crippen LogP contribution >= 0.6 is 0 Å². The van der Waals surface area contributed by atoms with E-state index in [0.29, 0.717) is 5.41 Å². The highest BCUT2D eigenvalue weighted by Gasteiger charge is 2.34. The first kappa shape index (κ1) is 17.0. The molecule has 0 amide bonds. The van der Waals surface area contributed by atoms with Gasteiger partial charge in [-0.25, -0.2) is 0 Å². The molecule has 0 atom stereocenters. The van der Waals surface area contributed by atoms with Gasteiger partial charge in [-0.2, -0.15) is 0 Å². The van der Waals surface area contributed by atoms with Crippen molar-refractivity contribution in [3.05, 3.63) is 0 Å². The molecule has 0 unspecified atom stereocenters. The molecule has 1 aliphatic rings. The fourth-order valence-corrected chi connectivity index (χ4v) is 3.44. The fraction of sp³-hybridized carbons (Fsp3) is 1.00. The van der Waals surface area contributed by atoms with Gasteiger partial charge in [0, 0.05) is 13.1 Å². The lowest BCUT2D eigenvalue weighted by Crippen LogP contribution is -2.46. The van der Waals surface area contributed by atoms with E-state index in [1.165, 1.54) is 71.2 Å². The Morgan fingerprint density at radius 1 is 1.11 bits per heavy atom. The molecular weight excluding hydrogens is 232 g/mol. The Kier molecular flexibility index (Phi) is 8.01. The SMILES string of the molecule is CCCNCC1(CN(CC)CCC)CCC(C)CC1. The Hall–Kier alpha value is -0.0800. The van der Waals surface area contributed by atoms with Crippen molar-refractivity contribution in [2.24, 2.45) is 11.3 Å². The molecular formula is C17H36N2. The molecule has 1 aliphatic carbocycles. The van der Waals surface area contributed by atoms with Crippen molar-refractivity contribution in [1.29, 1.82) is 0 Å². The molecule has 19 heavy (non-hydrogen) atoms. The van der Waals surface area contributed by atoms with Crippen LogP contribution < -0.4 is 5.32 Å². The summed E-state index contributed by atoms with van der Waals surface area (Å²) in [7, 11) is 0. The van der Waals surface area contributed by atoms with Crippen molar-refractivity contribution >= 4 is 0 Å². The van der Waals surface area contributed by atoms with E-state index in [1.807, 2.05) is 0 Å². The van der Waals surface area contributed by atoms with Crippen molar-refractivity contribution in [2.75, 3.05) is 32.7 Å². The summed E-state index contributed by atoms with van der Waals surface area (Å²) in [6.07, 6.45) is 8.23. The van der Waals surface area contributed by atoms with Crippen LogP contribution in [0.4, 0.5) is 0 Å². The first-order valence-corrected chi connectivity index (χ1v) is 8.59. The average molecular weight is 268 g/mol. The zero-order chi connectivity index (χ0) is 14.1. The smallest absolute Gasteiger partial charge is 0.00500 e. The molecule has 114 valence electrons. The lowest BCUT2D eigenvalue weighted by molar-refractivity contribution is 0.0890. The summed E-state index contributed by atoms with van der Waals surface area (Å²) in [5.41, 5.74) is 0.548. The standard InChI is InChI=1S/C17H36N2/c1-5-12-18-14-17(10-8-16(4)9-11-17)15-19(7-3)13-6-2/h16,18H,5-15H2,1-4H3. The van der Waals surface area contributed by atoms with E-state index in [0.717, 1.165) is 5.92 Å². The highest BCUT2D eigenvalue weighted by molar-refractivity contribution is 4.89. The summed E-state index contributed by atoms with van der Waals surface area (Å²) in [6, 6.07) is 0. The highest BCUT2D eigenvalue weighted by atomic mass is 15.1. The molecule has 0 heterocycles. The molecule has 0 aromatic heterocycles. The van der Waals surface area contributed by atoms with Gasteiger partial charge in [-0.05, 0) is 56.7 Å². The second-order valence-electron chi connectivity index (χ2n) is 6.73. The summed E-state index contributed by atoms with van der Waals surface area (Å²) in [6.45, 7) is 15.5. The first-order valence-electron chi connectivity index (χ1n) is 8.59. The lowest BCUT2D eigenvalue weighted by atomic mass is 9.70. The van der Waals surface area contributed by atoms with Gasteiger partial charge in [-0.3, -0.25) is 0 Å². The second-order valence-corrected chi connectivity index (χ2v) is 6.73. The number of hydrogen-bond acceptors (Lipinski definition) is 2.